The molecule has 13 heavy (non-hydrogen) atoms. The van der Waals surface area contributed by atoms with Gasteiger partial charge in [-0.2, -0.15) is 0 Å². The number of aliphatic hydroxyl groups excluding tert-OH is 1. The number of likely N-dealkylation sites (tertiary alicyclic amines) is 1. The van der Waals surface area contributed by atoms with Crippen molar-refractivity contribution in [3.05, 3.63) is 0 Å². The second-order valence-corrected chi connectivity index (χ2v) is 4.68. The Labute approximate surface area is 79.7 Å². The zero-order chi connectivity index (χ0) is 9.31. The van der Waals surface area contributed by atoms with Gasteiger partial charge in [0.1, 0.15) is 0 Å². The van der Waals surface area contributed by atoms with Gasteiger partial charge in [-0.25, -0.2) is 0 Å². The molecule has 0 spiro atoms. The number of nitrogens with zero attached hydrogens (tertiary/aromatic N) is 1. The molecule has 3 heteroatoms. The Morgan fingerprint density at radius 3 is 2.62 bits per heavy atom. The van der Waals surface area contributed by atoms with Gasteiger partial charge in [-0.3, -0.25) is 0 Å². The Morgan fingerprint density at radius 2 is 2.15 bits per heavy atom. The Morgan fingerprint density at radius 1 is 1.46 bits per heavy atom. The van der Waals surface area contributed by atoms with Crippen LogP contribution in [0.4, 0.5) is 0 Å². The molecule has 0 unspecified atom stereocenters. The van der Waals surface area contributed by atoms with Gasteiger partial charge in [0.25, 0.3) is 0 Å². The normalized spacial score (nSPS) is 27.2. The molecular weight excluding hydrogens is 166 g/mol. The molecule has 0 aromatic carbocycles. The molecule has 1 N–H and O–H groups in total. The lowest BCUT2D eigenvalue weighted by atomic mass is 9.98. The van der Waals surface area contributed by atoms with Gasteiger partial charge >= 0.3 is 0 Å². The summed E-state index contributed by atoms with van der Waals surface area (Å²) >= 11 is 0. The molecule has 1 aliphatic carbocycles. The molecule has 0 aromatic rings. The highest BCUT2D eigenvalue weighted by Crippen LogP contribution is 2.47. The fraction of sp³-hybridized carbons (Fsp3) is 1.00. The van der Waals surface area contributed by atoms with E-state index >= 15 is 0 Å². The number of hydrogen-bond acceptors (Lipinski definition) is 3. The molecule has 0 aromatic heterocycles. The third-order valence-corrected chi connectivity index (χ3v) is 3.26. The minimum atomic E-state index is 0.355. The van der Waals surface area contributed by atoms with Crippen molar-refractivity contribution in [2.24, 2.45) is 11.3 Å². The van der Waals surface area contributed by atoms with Crippen LogP contribution in [0.15, 0.2) is 0 Å². The van der Waals surface area contributed by atoms with Crippen molar-refractivity contribution in [2.75, 3.05) is 40.0 Å². The molecule has 1 saturated heterocycles. The van der Waals surface area contributed by atoms with E-state index in [2.05, 4.69) is 4.90 Å². The second-order valence-electron chi connectivity index (χ2n) is 4.68. The Balaban J connectivity index is 1.68. The van der Waals surface area contributed by atoms with Crippen molar-refractivity contribution in [3.8, 4) is 0 Å². The Kier molecular flexibility index (Phi) is 2.58. The van der Waals surface area contributed by atoms with Crippen molar-refractivity contribution >= 4 is 0 Å². The first-order chi connectivity index (χ1) is 6.28. The van der Waals surface area contributed by atoms with Gasteiger partial charge in [-0.15, -0.1) is 0 Å². The van der Waals surface area contributed by atoms with E-state index in [0.29, 0.717) is 17.9 Å². The van der Waals surface area contributed by atoms with Crippen LogP contribution in [0.5, 0.6) is 0 Å². The molecule has 3 nitrogen and oxygen atoms in total. The predicted molar refractivity (Wildman–Crippen MR) is 50.6 cm³/mol. The zero-order valence-electron chi connectivity index (χ0n) is 8.33. The average molecular weight is 185 g/mol. The van der Waals surface area contributed by atoms with Crippen LogP contribution in [-0.4, -0.2) is 50.0 Å². The van der Waals surface area contributed by atoms with Crippen LogP contribution in [0, 0.1) is 11.3 Å². The highest BCUT2D eigenvalue weighted by molar-refractivity contribution is 4.97. The van der Waals surface area contributed by atoms with Crippen LogP contribution >= 0.6 is 0 Å². The lowest BCUT2D eigenvalue weighted by Gasteiger charge is -2.40. The number of aliphatic hydroxyl groups is 1. The SMILES string of the molecule is COCC1(CN2CC(CO)C2)CC1. The topological polar surface area (TPSA) is 32.7 Å². The highest BCUT2D eigenvalue weighted by atomic mass is 16.5. The van der Waals surface area contributed by atoms with E-state index in [9.17, 15) is 0 Å². The van der Waals surface area contributed by atoms with E-state index in [1.807, 2.05) is 0 Å². The molecule has 2 fully saturated rings. The van der Waals surface area contributed by atoms with Crippen LogP contribution in [0.25, 0.3) is 0 Å². The van der Waals surface area contributed by atoms with Crippen molar-refractivity contribution in [2.45, 2.75) is 12.8 Å². The van der Waals surface area contributed by atoms with Crippen molar-refractivity contribution in [1.82, 2.24) is 4.90 Å². The third-order valence-electron chi connectivity index (χ3n) is 3.26. The van der Waals surface area contributed by atoms with Gasteiger partial charge in [-0.05, 0) is 12.8 Å². The van der Waals surface area contributed by atoms with Gasteiger partial charge in [0.2, 0.25) is 0 Å². The van der Waals surface area contributed by atoms with Crippen molar-refractivity contribution < 1.29 is 9.84 Å². The van der Waals surface area contributed by atoms with E-state index in [-0.39, 0.29) is 0 Å². The summed E-state index contributed by atoms with van der Waals surface area (Å²) in [4.78, 5) is 2.44. The summed E-state index contributed by atoms with van der Waals surface area (Å²) < 4.78 is 5.22. The summed E-state index contributed by atoms with van der Waals surface area (Å²) in [6, 6.07) is 0. The molecule has 1 heterocycles. The fourth-order valence-corrected chi connectivity index (χ4v) is 2.23. The molecule has 2 rings (SSSR count). The van der Waals surface area contributed by atoms with Crippen LogP contribution in [0.3, 0.4) is 0 Å². The molecule has 0 radical (unpaired) electrons. The first-order valence-corrected chi connectivity index (χ1v) is 5.10. The molecule has 1 saturated carbocycles. The highest BCUT2D eigenvalue weighted by Gasteiger charge is 2.45. The lowest BCUT2D eigenvalue weighted by Crippen LogP contribution is -2.50. The maximum Gasteiger partial charge on any atom is 0.0530 e. The third kappa shape index (κ3) is 2.03. The van der Waals surface area contributed by atoms with Crippen LogP contribution in [0.1, 0.15) is 12.8 Å². The first-order valence-electron chi connectivity index (χ1n) is 5.10. The number of ether oxygens (including phenoxy) is 1. The predicted octanol–water partition coefficient (Wildman–Crippen LogP) is 0.337. The van der Waals surface area contributed by atoms with E-state index in [1.165, 1.54) is 19.4 Å². The molecule has 0 bridgehead atoms. The summed E-state index contributed by atoms with van der Waals surface area (Å²) in [6.45, 7) is 4.61. The summed E-state index contributed by atoms with van der Waals surface area (Å²) in [5.74, 6) is 0.540. The lowest BCUT2D eigenvalue weighted by molar-refractivity contribution is 0.0214. The van der Waals surface area contributed by atoms with Gasteiger partial charge in [0, 0.05) is 44.7 Å². The number of hydrogen-bond donors (Lipinski definition) is 1. The van der Waals surface area contributed by atoms with E-state index < -0.39 is 0 Å². The van der Waals surface area contributed by atoms with Crippen molar-refractivity contribution in [3.63, 3.8) is 0 Å². The molecule has 1 aliphatic heterocycles. The summed E-state index contributed by atoms with van der Waals surface area (Å²) in [7, 11) is 1.78. The maximum atomic E-state index is 8.87. The molecular formula is C10H19NO2. The van der Waals surface area contributed by atoms with E-state index in [4.69, 9.17) is 9.84 Å². The number of methoxy groups -OCH3 is 1. The Bertz CT molecular complexity index is 174. The second kappa shape index (κ2) is 3.56. The summed E-state index contributed by atoms with van der Waals surface area (Å²) in [6.07, 6.45) is 2.64. The number of rotatable bonds is 5. The monoisotopic (exact) mass is 185 g/mol. The van der Waals surface area contributed by atoms with Crippen LogP contribution in [0.2, 0.25) is 0 Å². The smallest absolute Gasteiger partial charge is 0.0530 e. The standard InChI is InChI=1S/C10H19NO2/c1-13-8-10(2-3-10)7-11-4-9(5-11)6-12/h9,12H,2-8H2,1H3. The molecule has 0 atom stereocenters. The molecule has 76 valence electrons. The fourth-order valence-electron chi connectivity index (χ4n) is 2.23. The van der Waals surface area contributed by atoms with Gasteiger partial charge in [0.15, 0.2) is 0 Å². The summed E-state index contributed by atoms with van der Waals surface area (Å²) in [5.41, 5.74) is 0.481. The van der Waals surface area contributed by atoms with Gasteiger partial charge in [-0.1, -0.05) is 0 Å². The van der Waals surface area contributed by atoms with Gasteiger partial charge < -0.3 is 14.7 Å². The average Bonchev–Trinajstić information content (AvgIpc) is 2.78. The van der Waals surface area contributed by atoms with Gasteiger partial charge in [0.05, 0.1) is 6.61 Å². The van der Waals surface area contributed by atoms with Crippen LogP contribution in [-0.2, 0) is 4.74 Å². The minimum Gasteiger partial charge on any atom is -0.396 e. The quantitative estimate of drug-likeness (QED) is 0.670. The first kappa shape index (κ1) is 9.44. The van der Waals surface area contributed by atoms with Crippen LogP contribution < -0.4 is 0 Å². The maximum absolute atomic E-state index is 8.87. The minimum absolute atomic E-state index is 0.355. The zero-order valence-corrected chi connectivity index (χ0v) is 8.33. The van der Waals surface area contributed by atoms with Crippen molar-refractivity contribution in [1.29, 1.82) is 0 Å². The summed E-state index contributed by atoms with van der Waals surface area (Å²) in [5, 5.41) is 8.87. The Hall–Kier alpha value is -0.120. The van der Waals surface area contributed by atoms with E-state index in [1.54, 1.807) is 7.11 Å². The largest absolute Gasteiger partial charge is 0.396 e. The molecule has 2 aliphatic rings. The molecule has 0 amide bonds. The van der Waals surface area contributed by atoms with E-state index in [0.717, 1.165) is 19.7 Å².